The van der Waals surface area contributed by atoms with Gasteiger partial charge in [0.05, 0.1) is 11.3 Å². The van der Waals surface area contributed by atoms with E-state index in [1.807, 2.05) is 6.92 Å². The summed E-state index contributed by atoms with van der Waals surface area (Å²) in [6, 6.07) is 4.81. The predicted molar refractivity (Wildman–Crippen MR) is 72.7 cm³/mol. The molecule has 0 saturated carbocycles. The van der Waals surface area contributed by atoms with Crippen molar-refractivity contribution in [3.8, 4) is 5.75 Å². The fourth-order valence-electron chi connectivity index (χ4n) is 1.90. The highest BCUT2D eigenvalue weighted by Gasteiger charge is 2.37. The Morgan fingerprint density at radius 2 is 2.05 bits per heavy atom. The van der Waals surface area contributed by atoms with Crippen molar-refractivity contribution < 1.29 is 17.9 Å². The highest BCUT2D eigenvalue weighted by atomic mass is 32.1. The Morgan fingerprint density at radius 1 is 1.32 bits per heavy atom. The lowest BCUT2D eigenvalue weighted by Crippen LogP contribution is -2.08. The maximum absolute atomic E-state index is 13.2. The van der Waals surface area contributed by atoms with E-state index in [9.17, 15) is 13.2 Å². The van der Waals surface area contributed by atoms with Crippen LogP contribution in [0.1, 0.15) is 24.3 Å². The molecule has 19 heavy (non-hydrogen) atoms. The van der Waals surface area contributed by atoms with Crippen LogP contribution in [-0.4, -0.2) is 6.61 Å². The van der Waals surface area contributed by atoms with E-state index in [0.717, 1.165) is 16.2 Å². The van der Waals surface area contributed by atoms with Crippen molar-refractivity contribution in [1.82, 2.24) is 0 Å². The van der Waals surface area contributed by atoms with Crippen LogP contribution < -0.4 is 4.74 Å². The minimum atomic E-state index is -4.41. The van der Waals surface area contributed by atoms with E-state index in [-0.39, 0.29) is 17.1 Å². The van der Waals surface area contributed by atoms with Crippen LogP contribution in [0.15, 0.2) is 24.3 Å². The summed E-state index contributed by atoms with van der Waals surface area (Å²) in [6.45, 7) is 3.71. The lowest BCUT2D eigenvalue weighted by atomic mass is 10.1. The molecule has 0 bridgehead atoms. The number of thiophene rings is 1. The molecule has 0 saturated heterocycles. The van der Waals surface area contributed by atoms with Gasteiger partial charge in [-0.1, -0.05) is 6.08 Å². The summed E-state index contributed by atoms with van der Waals surface area (Å²) >= 11 is 1.13. The van der Waals surface area contributed by atoms with Crippen molar-refractivity contribution in [2.24, 2.45) is 0 Å². The molecule has 0 aliphatic heterocycles. The molecule has 0 atom stereocenters. The minimum absolute atomic E-state index is 0.101. The van der Waals surface area contributed by atoms with Gasteiger partial charge in [0.15, 0.2) is 0 Å². The SMILES string of the molecule is C/C=C/c1cc2ccc(OCC)c(C(F)(F)F)c2s1. The Labute approximate surface area is 113 Å². The Kier molecular flexibility index (Phi) is 3.85. The second-order valence-electron chi connectivity index (χ2n) is 3.94. The van der Waals surface area contributed by atoms with Crippen molar-refractivity contribution in [2.45, 2.75) is 20.0 Å². The van der Waals surface area contributed by atoms with Gasteiger partial charge in [-0.15, -0.1) is 11.3 Å². The first kappa shape index (κ1) is 13.9. The number of rotatable bonds is 3. The monoisotopic (exact) mass is 286 g/mol. The van der Waals surface area contributed by atoms with Crippen molar-refractivity contribution in [3.05, 3.63) is 34.7 Å². The average molecular weight is 286 g/mol. The first-order valence-electron chi connectivity index (χ1n) is 5.86. The molecule has 1 heterocycles. The largest absolute Gasteiger partial charge is 0.493 e. The molecule has 2 aromatic rings. The van der Waals surface area contributed by atoms with Gasteiger partial charge in [-0.2, -0.15) is 13.2 Å². The molecule has 102 valence electrons. The molecular formula is C14H13F3OS. The summed E-state index contributed by atoms with van der Waals surface area (Å²) in [5.74, 6) is -0.101. The molecule has 5 heteroatoms. The zero-order valence-electron chi connectivity index (χ0n) is 10.5. The van der Waals surface area contributed by atoms with Crippen LogP contribution in [0.2, 0.25) is 0 Å². The summed E-state index contributed by atoms with van der Waals surface area (Å²) in [7, 11) is 0. The number of hydrogen-bond donors (Lipinski definition) is 0. The lowest BCUT2D eigenvalue weighted by Gasteiger charge is -2.13. The second-order valence-corrected chi connectivity index (χ2v) is 5.02. The zero-order valence-corrected chi connectivity index (χ0v) is 11.4. The van der Waals surface area contributed by atoms with Crippen molar-refractivity contribution >= 4 is 27.5 Å². The Hall–Kier alpha value is -1.49. The molecular weight excluding hydrogens is 273 g/mol. The number of ether oxygens (including phenoxy) is 1. The maximum atomic E-state index is 13.2. The van der Waals surface area contributed by atoms with Crippen molar-refractivity contribution in [3.63, 3.8) is 0 Å². The fraction of sp³-hybridized carbons (Fsp3) is 0.286. The molecule has 0 fully saturated rings. The topological polar surface area (TPSA) is 9.23 Å². The third kappa shape index (κ3) is 2.76. The number of allylic oxidation sites excluding steroid dienone is 1. The number of halogens is 3. The third-order valence-corrected chi connectivity index (χ3v) is 3.72. The minimum Gasteiger partial charge on any atom is -0.493 e. The van der Waals surface area contributed by atoms with Gasteiger partial charge < -0.3 is 4.74 Å². The van der Waals surface area contributed by atoms with Gasteiger partial charge in [-0.3, -0.25) is 0 Å². The van der Waals surface area contributed by atoms with Gasteiger partial charge in [-0.25, -0.2) is 0 Å². The molecule has 0 N–H and O–H groups in total. The Balaban J connectivity index is 2.71. The van der Waals surface area contributed by atoms with Gasteiger partial charge >= 0.3 is 6.18 Å². The van der Waals surface area contributed by atoms with Crippen LogP contribution in [0.5, 0.6) is 5.75 Å². The van der Waals surface area contributed by atoms with E-state index in [0.29, 0.717) is 5.39 Å². The first-order valence-corrected chi connectivity index (χ1v) is 6.68. The number of benzene rings is 1. The molecule has 2 rings (SSSR count). The van der Waals surface area contributed by atoms with Gasteiger partial charge in [0.2, 0.25) is 0 Å². The molecule has 0 unspecified atom stereocenters. The Morgan fingerprint density at radius 3 is 2.63 bits per heavy atom. The van der Waals surface area contributed by atoms with E-state index in [1.165, 1.54) is 6.07 Å². The van der Waals surface area contributed by atoms with E-state index in [4.69, 9.17) is 4.74 Å². The molecule has 0 radical (unpaired) electrons. The van der Waals surface area contributed by atoms with Gasteiger partial charge in [0, 0.05) is 4.88 Å². The van der Waals surface area contributed by atoms with E-state index < -0.39 is 11.7 Å². The van der Waals surface area contributed by atoms with Gasteiger partial charge in [0.25, 0.3) is 0 Å². The van der Waals surface area contributed by atoms with Crippen LogP contribution in [-0.2, 0) is 6.18 Å². The lowest BCUT2D eigenvalue weighted by molar-refractivity contribution is -0.137. The number of alkyl halides is 3. The third-order valence-electron chi connectivity index (χ3n) is 2.58. The molecule has 0 aliphatic carbocycles. The smallest absolute Gasteiger partial charge is 0.421 e. The van der Waals surface area contributed by atoms with Crippen LogP contribution >= 0.6 is 11.3 Å². The van der Waals surface area contributed by atoms with Gasteiger partial charge in [-0.05, 0) is 43.5 Å². The maximum Gasteiger partial charge on any atom is 0.421 e. The molecule has 0 amide bonds. The molecule has 0 aliphatic rings. The quantitative estimate of drug-likeness (QED) is 0.738. The highest BCUT2D eigenvalue weighted by molar-refractivity contribution is 7.20. The summed E-state index contributed by atoms with van der Waals surface area (Å²) in [4.78, 5) is 0.802. The number of fused-ring (bicyclic) bond motifs is 1. The Bertz CT molecular complexity index is 611. The summed E-state index contributed by atoms with van der Waals surface area (Å²) < 4.78 is 45.0. The molecule has 1 aromatic heterocycles. The van der Waals surface area contributed by atoms with E-state index in [1.54, 1.807) is 31.2 Å². The summed E-state index contributed by atoms with van der Waals surface area (Å²) in [5.41, 5.74) is -0.674. The highest BCUT2D eigenvalue weighted by Crippen LogP contribution is 2.44. The average Bonchev–Trinajstić information content (AvgIpc) is 2.70. The van der Waals surface area contributed by atoms with Gasteiger partial charge in [0.1, 0.15) is 11.3 Å². The standard InChI is InChI=1S/C14H13F3OS/c1-3-5-10-8-9-6-7-11(18-4-2)12(13(9)19-10)14(15,16)17/h3,5-8H,4H2,1-2H3/b5-3+. The predicted octanol–water partition coefficient (Wildman–Crippen LogP) is 5.35. The zero-order chi connectivity index (χ0) is 14.0. The van der Waals surface area contributed by atoms with Crippen molar-refractivity contribution in [2.75, 3.05) is 6.61 Å². The van der Waals surface area contributed by atoms with E-state index >= 15 is 0 Å². The molecule has 1 aromatic carbocycles. The normalized spacial score (nSPS) is 12.5. The number of hydrogen-bond acceptors (Lipinski definition) is 2. The molecule has 1 nitrogen and oxygen atoms in total. The van der Waals surface area contributed by atoms with Crippen LogP contribution in [0.3, 0.4) is 0 Å². The second kappa shape index (κ2) is 5.25. The first-order chi connectivity index (χ1) is 8.97. The van der Waals surface area contributed by atoms with Crippen LogP contribution in [0.25, 0.3) is 16.2 Å². The van der Waals surface area contributed by atoms with E-state index in [2.05, 4.69) is 0 Å². The van der Waals surface area contributed by atoms with Crippen LogP contribution in [0.4, 0.5) is 13.2 Å². The fourth-order valence-corrected chi connectivity index (χ4v) is 3.08. The summed E-state index contributed by atoms with van der Waals surface area (Å²) in [6.07, 6.45) is -0.811. The molecule has 0 spiro atoms. The van der Waals surface area contributed by atoms with Crippen LogP contribution in [0, 0.1) is 0 Å². The summed E-state index contributed by atoms with van der Waals surface area (Å²) in [5, 5.41) is 0.592. The van der Waals surface area contributed by atoms with Crippen molar-refractivity contribution in [1.29, 1.82) is 0 Å².